The number of H-pyrrole nitrogens is 1. The second kappa shape index (κ2) is 11.4. The third-order valence-electron chi connectivity index (χ3n) is 5.74. The van der Waals surface area contributed by atoms with Gasteiger partial charge in [-0.2, -0.15) is 4.98 Å². The summed E-state index contributed by atoms with van der Waals surface area (Å²) >= 11 is 0. The number of ether oxygens (including phenoxy) is 2. The molecule has 1 atom stereocenters. The summed E-state index contributed by atoms with van der Waals surface area (Å²) in [4.78, 5) is 57.3. The first-order valence-electron chi connectivity index (χ1n) is 11.8. The van der Waals surface area contributed by atoms with Crippen molar-refractivity contribution in [2.75, 3.05) is 29.7 Å². The number of aromatic amines is 1. The molecule has 37 heavy (non-hydrogen) atoms. The number of unbranched alkanes of at least 4 members (excludes halogenated alkanes) is 1. The molecule has 1 aliphatic rings. The summed E-state index contributed by atoms with van der Waals surface area (Å²) in [6.07, 6.45) is 1.49. The zero-order valence-corrected chi connectivity index (χ0v) is 20.4. The van der Waals surface area contributed by atoms with Gasteiger partial charge in [0, 0.05) is 17.8 Å². The quantitative estimate of drug-likeness (QED) is 0.255. The first-order valence-corrected chi connectivity index (χ1v) is 11.8. The van der Waals surface area contributed by atoms with E-state index in [2.05, 4.69) is 25.9 Å². The van der Waals surface area contributed by atoms with E-state index >= 15 is 0 Å². The maximum absolute atomic E-state index is 13.1. The van der Waals surface area contributed by atoms with E-state index in [0.29, 0.717) is 29.3 Å². The molecule has 2 aromatic carbocycles. The summed E-state index contributed by atoms with van der Waals surface area (Å²) in [6, 6.07) is 13.1. The van der Waals surface area contributed by atoms with Gasteiger partial charge in [0.05, 0.1) is 30.8 Å². The van der Waals surface area contributed by atoms with E-state index in [9.17, 15) is 19.2 Å². The van der Waals surface area contributed by atoms with Crippen molar-refractivity contribution in [2.45, 2.75) is 32.1 Å². The Morgan fingerprint density at radius 2 is 1.76 bits per heavy atom. The molecule has 0 bridgehead atoms. The number of hydrogen-bond acceptors (Lipinski definition) is 8. The second-order valence-electron chi connectivity index (χ2n) is 8.39. The van der Waals surface area contributed by atoms with Crippen LogP contribution in [-0.4, -0.2) is 41.5 Å². The number of rotatable bonds is 9. The number of esters is 1. The predicted molar refractivity (Wildman–Crippen MR) is 137 cm³/mol. The van der Waals surface area contributed by atoms with Gasteiger partial charge in [0.1, 0.15) is 11.6 Å². The number of nitrogens with zero attached hydrogens (tertiary/aromatic N) is 1. The predicted octanol–water partition coefficient (Wildman–Crippen LogP) is 3.54. The first-order chi connectivity index (χ1) is 17.9. The zero-order valence-electron chi connectivity index (χ0n) is 20.4. The highest BCUT2D eigenvalue weighted by molar-refractivity contribution is 6.04. The van der Waals surface area contributed by atoms with E-state index < -0.39 is 29.3 Å². The molecule has 4 N–H and O–H groups in total. The van der Waals surface area contributed by atoms with E-state index in [1.54, 1.807) is 43.5 Å². The van der Waals surface area contributed by atoms with Gasteiger partial charge >= 0.3 is 5.97 Å². The van der Waals surface area contributed by atoms with E-state index in [4.69, 9.17) is 9.47 Å². The molecule has 1 aliphatic heterocycles. The van der Waals surface area contributed by atoms with Crippen molar-refractivity contribution in [3.05, 3.63) is 70.0 Å². The van der Waals surface area contributed by atoms with Crippen molar-refractivity contribution >= 4 is 40.9 Å². The van der Waals surface area contributed by atoms with Gasteiger partial charge in [-0.3, -0.25) is 19.4 Å². The summed E-state index contributed by atoms with van der Waals surface area (Å²) in [6.45, 7) is 2.35. The molecule has 2 amide bonds. The van der Waals surface area contributed by atoms with Crippen molar-refractivity contribution in [1.82, 2.24) is 9.97 Å². The third-order valence-corrected chi connectivity index (χ3v) is 5.74. The number of carbonyl (C=O) groups excluding carboxylic acids is 3. The SMILES string of the molecule is CCCCOC(=O)c1ccc(NC(=O)C2CC(=O)Nc3nc(Nc4ccc(OC)cc4)[nH]c(=O)c32)cc1. The lowest BCUT2D eigenvalue weighted by Crippen LogP contribution is -2.36. The molecule has 3 aromatic rings. The summed E-state index contributed by atoms with van der Waals surface area (Å²) in [5, 5.41) is 8.24. The first kappa shape index (κ1) is 25.4. The smallest absolute Gasteiger partial charge is 0.338 e. The van der Waals surface area contributed by atoms with Crippen LogP contribution >= 0.6 is 0 Å². The van der Waals surface area contributed by atoms with Crippen LogP contribution in [-0.2, 0) is 14.3 Å². The Morgan fingerprint density at radius 3 is 2.43 bits per heavy atom. The Morgan fingerprint density at radius 1 is 1.05 bits per heavy atom. The Bertz CT molecular complexity index is 1350. The molecule has 1 aromatic heterocycles. The molecular formula is C26H27N5O6. The lowest BCUT2D eigenvalue weighted by Gasteiger charge is -2.23. The Balaban J connectivity index is 1.49. The highest BCUT2D eigenvalue weighted by Gasteiger charge is 2.34. The second-order valence-corrected chi connectivity index (χ2v) is 8.39. The Labute approximate surface area is 212 Å². The molecule has 11 nitrogen and oxygen atoms in total. The van der Waals surface area contributed by atoms with Gasteiger partial charge in [0.15, 0.2) is 0 Å². The maximum atomic E-state index is 13.1. The highest BCUT2D eigenvalue weighted by atomic mass is 16.5. The lowest BCUT2D eigenvalue weighted by atomic mass is 9.92. The van der Waals surface area contributed by atoms with Crippen LogP contribution in [0.2, 0.25) is 0 Å². The van der Waals surface area contributed by atoms with Crippen molar-refractivity contribution in [3.8, 4) is 5.75 Å². The largest absolute Gasteiger partial charge is 0.497 e. The van der Waals surface area contributed by atoms with Crippen LogP contribution in [0, 0.1) is 0 Å². The van der Waals surface area contributed by atoms with Gasteiger partial charge in [-0.25, -0.2) is 4.79 Å². The van der Waals surface area contributed by atoms with Crippen LogP contribution in [0.15, 0.2) is 53.3 Å². The molecule has 1 unspecified atom stereocenters. The van der Waals surface area contributed by atoms with Gasteiger partial charge in [-0.05, 0) is 55.0 Å². The van der Waals surface area contributed by atoms with E-state index in [1.807, 2.05) is 6.92 Å². The van der Waals surface area contributed by atoms with Crippen LogP contribution in [0.5, 0.6) is 5.75 Å². The maximum Gasteiger partial charge on any atom is 0.338 e. The molecule has 0 saturated carbocycles. The minimum absolute atomic E-state index is 0.0151. The zero-order chi connectivity index (χ0) is 26.4. The number of fused-ring (bicyclic) bond motifs is 1. The summed E-state index contributed by atoms with van der Waals surface area (Å²) in [5.41, 5.74) is 0.914. The molecule has 0 spiro atoms. The molecule has 0 radical (unpaired) electrons. The van der Waals surface area contributed by atoms with E-state index in [1.165, 1.54) is 12.1 Å². The minimum Gasteiger partial charge on any atom is -0.497 e. The molecule has 0 fully saturated rings. The number of benzene rings is 2. The van der Waals surface area contributed by atoms with E-state index in [0.717, 1.165) is 12.8 Å². The number of hydrogen-bond donors (Lipinski definition) is 4. The standard InChI is InChI=1S/C26H27N5O6/c1-3-4-13-37-25(35)15-5-7-16(8-6-15)27-23(33)19-14-20(32)29-22-21(19)24(34)31-26(30-22)28-17-9-11-18(36-2)12-10-17/h5-12,19H,3-4,13-14H2,1-2H3,(H,27,33)(H3,28,29,30,31,32,34). The number of anilines is 4. The average Bonchev–Trinajstić information content (AvgIpc) is 2.89. The Hall–Kier alpha value is -4.67. The molecule has 0 aliphatic carbocycles. The van der Waals surface area contributed by atoms with Crippen molar-refractivity contribution in [2.24, 2.45) is 0 Å². The monoisotopic (exact) mass is 505 g/mol. The summed E-state index contributed by atoms with van der Waals surface area (Å²) in [7, 11) is 1.56. The molecule has 2 heterocycles. The number of nitrogens with one attached hydrogen (secondary N) is 4. The molecule has 192 valence electrons. The van der Waals surface area contributed by atoms with Gasteiger partial charge in [-0.1, -0.05) is 13.3 Å². The van der Waals surface area contributed by atoms with Gasteiger partial charge in [0.25, 0.3) is 5.56 Å². The van der Waals surface area contributed by atoms with Crippen molar-refractivity contribution in [3.63, 3.8) is 0 Å². The third kappa shape index (κ3) is 6.13. The van der Waals surface area contributed by atoms with Crippen LogP contribution < -0.4 is 26.2 Å². The van der Waals surface area contributed by atoms with Crippen LogP contribution in [0.25, 0.3) is 0 Å². The number of carbonyl (C=O) groups is 3. The fourth-order valence-corrected chi connectivity index (χ4v) is 3.78. The average molecular weight is 506 g/mol. The van der Waals surface area contributed by atoms with Crippen LogP contribution in [0.3, 0.4) is 0 Å². The van der Waals surface area contributed by atoms with Crippen molar-refractivity contribution in [1.29, 1.82) is 0 Å². The fourth-order valence-electron chi connectivity index (χ4n) is 3.78. The summed E-state index contributed by atoms with van der Waals surface area (Å²) in [5.74, 6) is -1.68. The molecule has 0 saturated heterocycles. The molecule has 4 rings (SSSR count). The van der Waals surface area contributed by atoms with Gasteiger partial charge < -0.3 is 25.4 Å². The van der Waals surface area contributed by atoms with Gasteiger partial charge in [0.2, 0.25) is 17.8 Å². The topological polar surface area (TPSA) is 152 Å². The minimum atomic E-state index is -1.05. The number of methoxy groups -OCH3 is 1. The number of amides is 2. The van der Waals surface area contributed by atoms with Crippen molar-refractivity contribution < 1.29 is 23.9 Å². The molecular weight excluding hydrogens is 478 g/mol. The normalized spacial score (nSPS) is 14.2. The van der Waals surface area contributed by atoms with E-state index in [-0.39, 0.29) is 23.8 Å². The molecule has 11 heteroatoms. The Kier molecular flexibility index (Phi) is 7.82. The number of aromatic nitrogens is 2. The van der Waals surface area contributed by atoms with Crippen LogP contribution in [0.1, 0.15) is 48.0 Å². The fraction of sp³-hybridized carbons (Fsp3) is 0.269. The summed E-state index contributed by atoms with van der Waals surface area (Å²) < 4.78 is 10.3. The highest BCUT2D eigenvalue weighted by Crippen LogP contribution is 2.30. The van der Waals surface area contributed by atoms with Gasteiger partial charge in [-0.15, -0.1) is 0 Å². The lowest BCUT2D eigenvalue weighted by molar-refractivity contribution is -0.123. The van der Waals surface area contributed by atoms with Crippen LogP contribution in [0.4, 0.5) is 23.1 Å².